The highest BCUT2D eigenvalue weighted by molar-refractivity contribution is 7.47. The van der Waals surface area contributed by atoms with Crippen LogP contribution in [0.1, 0.15) is 336 Å². The molecule has 0 amide bonds. The number of aliphatic hydroxyl groups is 1. The molecular formula is C83H144O17P2. The highest BCUT2D eigenvalue weighted by atomic mass is 31.2. The van der Waals surface area contributed by atoms with Crippen LogP contribution < -0.4 is 0 Å². The van der Waals surface area contributed by atoms with Gasteiger partial charge in [-0.05, 0) is 122 Å². The molecule has 0 heterocycles. The highest BCUT2D eigenvalue weighted by Gasteiger charge is 2.30. The van der Waals surface area contributed by atoms with E-state index >= 15 is 0 Å². The predicted octanol–water partition coefficient (Wildman–Crippen LogP) is 23.3. The largest absolute Gasteiger partial charge is 0.472 e. The van der Waals surface area contributed by atoms with Gasteiger partial charge in [-0.2, -0.15) is 0 Å². The lowest BCUT2D eigenvalue weighted by atomic mass is 10.0. The standard InChI is InChI=1S/C83H144O17P2/c1-5-9-13-17-21-25-29-32-35-37-38-40-43-45-49-52-56-60-64-68-80(85)93-73-78(99-82(87)69-65-61-57-53-47-28-24-20-16-12-8-4)75-97-101(89,90)95-71-77(84)72-96-102(91,92)98-76-79(100-83(88)70-66-62-58-54-50-46-41-34-31-27-23-19-15-11-7-3)74-94-81(86)67-63-59-55-51-48-44-42-39-36-33-30-26-22-18-14-10-6-2/h9-10,13-14,20-22,24-26,32-33,35-36,38,40,42,44,77-79,84H,5-8,11-12,15-19,23,27-31,34,37,39,41,43,45-76H2,1-4H3,(H,89,90)(H,91,92)/b13-9-,14-10-,24-20-,25-21-,26-22-,35-32-,36-33-,40-38-,44-42-. The van der Waals surface area contributed by atoms with Crippen molar-refractivity contribution in [2.24, 2.45) is 0 Å². The summed E-state index contributed by atoms with van der Waals surface area (Å²) in [5.41, 5.74) is 0. The number of unbranched alkanes of at least 4 members (excludes halogenated alkanes) is 31. The summed E-state index contributed by atoms with van der Waals surface area (Å²) in [6.07, 6.45) is 80.7. The van der Waals surface area contributed by atoms with E-state index in [4.69, 9.17) is 37.0 Å². The Morgan fingerprint density at radius 1 is 0.284 bits per heavy atom. The summed E-state index contributed by atoms with van der Waals surface area (Å²) in [5.74, 6) is -2.21. The molecule has 0 aromatic carbocycles. The van der Waals surface area contributed by atoms with Gasteiger partial charge < -0.3 is 33.8 Å². The first kappa shape index (κ1) is 97.7. The van der Waals surface area contributed by atoms with Crippen molar-refractivity contribution in [2.45, 2.75) is 354 Å². The van der Waals surface area contributed by atoms with Gasteiger partial charge >= 0.3 is 39.5 Å². The first-order valence-corrected chi connectivity index (χ1v) is 43.1. The molecule has 5 unspecified atom stereocenters. The van der Waals surface area contributed by atoms with Gasteiger partial charge in [-0.1, -0.05) is 298 Å². The molecule has 0 aromatic rings. The van der Waals surface area contributed by atoms with Crippen molar-refractivity contribution in [3.8, 4) is 0 Å². The normalized spacial score (nSPS) is 14.5. The van der Waals surface area contributed by atoms with Crippen molar-refractivity contribution in [2.75, 3.05) is 39.6 Å². The van der Waals surface area contributed by atoms with Gasteiger partial charge in [-0.3, -0.25) is 37.3 Å². The summed E-state index contributed by atoms with van der Waals surface area (Å²) in [5, 5.41) is 10.6. The topological polar surface area (TPSA) is 237 Å². The maximum absolute atomic E-state index is 13.1. The number of esters is 4. The summed E-state index contributed by atoms with van der Waals surface area (Å²) >= 11 is 0. The quantitative estimate of drug-likeness (QED) is 0.0169. The van der Waals surface area contributed by atoms with E-state index in [0.29, 0.717) is 25.7 Å². The summed E-state index contributed by atoms with van der Waals surface area (Å²) in [7, 11) is -9.96. The van der Waals surface area contributed by atoms with Gasteiger partial charge in [0.25, 0.3) is 0 Å². The number of hydrogen-bond donors (Lipinski definition) is 3. The van der Waals surface area contributed by atoms with E-state index in [-0.39, 0.29) is 25.7 Å². The number of rotatable bonds is 75. The molecule has 0 bridgehead atoms. The Hall–Kier alpha value is -4.28. The number of carbonyl (C=O) groups excluding carboxylic acids is 4. The molecule has 0 spiro atoms. The molecule has 0 fully saturated rings. The Morgan fingerprint density at radius 3 is 0.824 bits per heavy atom. The maximum atomic E-state index is 13.1. The second-order valence-electron chi connectivity index (χ2n) is 26.6. The van der Waals surface area contributed by atoms with Crippen LogP contribution in [0.25, 0.3) is 0 Å². The Bertz CT molecular complexity index is 2360. The van der Waals surface area contributed by atoms with Crippen LogP contribution in [0.5, 0.6) is 0 Å². The molecule has 0 aromatic heterocycles. The van der Waals surface area contributed by atoms with Gasteiger partial charge in [0.15, 0.2) is 12.2 Å². The summed E-state index contributed by atoms with van der Waals surface area (Å²) in [4.78, 5) is 73.0. The van der Waals surface area contributed by atoms with E-state index < -0.39 is 97.5 Å². The number of allylic oxidation sites excluding steroid dienone is 18. The van der Waals surface area contributed by atoms with Gasteiger partial charge in [0.1, 0.15) is 19.3 Å². The SMILES string of the molecule is CC/C=C\C/C=C\C/C=C\C/C=C\CCCCCCCCC(=O)OCC(COP(=O)(O)OCC(O)COP(=O)(O)OCC(COC(=O)CCCCCC/C=C\C/C=C\C/C=C\C/C=C\CC)OC(=O)CCCCCCCCCCCCCCCCC)OC(=O)CCCCCCC/C=C\CCCC. The lowest BCUT2D eigenvalue weighted by molar-refractivity contribution is -0.161. The van der Waals surface area contributed by atoms with Gasteiger partial charge in [-0.25, -0.2) is 9.13 Å². The molecule has 3 N–H and O–H groups in total. The third-order valence-electron chi connectivity index (χ3n) is 16.7. The second-order valence-corrected chi connectivity index (χ2v) is 29.5. The monoisotopic (exact) mass is 1470 g/mol. The Kier molecular flexibility index (Phi) is 71.8. The molecular weight excluding hydrogens is 1330 g/mol. The van der Waals surface area contributed by atoms with Crippen LogP contribution in [0.2, 0.25) is 0 Å². The van der Waals surface area contributed by atoms with Crippen molar-refractivity contribution in [1.29, 1.82) is 0 Å². The van der Waals surface area contributed by atoms with Gasteiger partial charge in [0.2, 0.25) is 0 Å². The number of carbonyl (C=O) groups is 4. The zero-order chi connectivity index (χ0) is 74.6. The van der Waals surface area contributed by atoms with E-state index in [9.17, 15) is 43.2 Å². The van der Waals surface area contributed by atoms with Crippen LogP contribution in [0.3, 0.4) is 0 Å². The number of aliphatic hydroxyl groups excluding tert-OH is 1. The van der Waals surface area contributed by atoms with Crippen LogP contribution in [-0.2, 0) is 65.4 Å². The van der Waals surface area contributed by atoms with E-state index in [2.05, 4.69) is 137 Å². The molecule has 0 aliphatic heterocycles. The van der Waals surface area contributed by atoms with E-state index in [1.54, 1.807) is 0 Å². The molecule has 0 saturated carbocycles. The molecule has 0 rings (SSSR count). The fraction of sp³-hybridized carbons (Fsp3) is 0.735. The first-order valence-electron chi connectivity index (χ1n) is 40.1. The minimum absolute atomic E-state index is 0.0802. The minimum atomic E-state index is -4.98. The number of phosphoric acid groups is 2. The molecule has 0 radical (unpaired) electrons. The smallest absolute Gasteiger partial charge is 0.462 e. The van der Waals surface area contributed by atoms with Gasteiger partial charge in [0, 0.05) is 25.7 Å². The Labute approximate surface area is 619 Å². The van der Waals surface area contributed by atoms with E-state index in [0.717, 1.165) is 180 Å². The lowest BCUT2D eigenvalue weighted by Gasteiger charge is -2.21. The molecule has 102 heavy (non-hydrogen) atoms. The Balaban J connectivity index is 5.33. The van der Waals surface area contributed by atoms with Crippen LogP contribution in [0.15, 0.2) is 109 Å². The molecule has 0 aliphatic rings. The molecule has 17 nitrogen and oxygen atoms in total. The third-order valence-corrected chi connectivity index (χ3v) is 18.6. The van der Waals surface area contributed by atoms with Crippen molar-refractivity contribution in [1.82, 2.24) is 0 Å². The summed E-state index contributed by atoms with van der Waals surface area (Å²) < 4.78 is 68.6. The van der Waals surface area contributed by atoms with Crippen LogP contribution in [0.4, 0.5) is 0 Å². The average molecular weight is 1480 g/mol. The molecule has 588 valence electrons. The molecule has 5 atom stereocenters. The Morgan fingerprint density at radius 2 is 0.520 bits per heavy atom. The lowest BCUT2D eigenvalue weighted by Crippen LogP contribution is -2.30. The van der Waals surface area contributed by atoms with E-state index in [1.165, 1.54) is 77.0 Å². The highest BCUT2D eigenvalue weighted by Crippen LogP contribution is 2.45. The van der Waals surface area contributed by atoms with Crippen LogP contribution in [0, 0.1) is 0 Å². The summed E-state index contributed by atoms with van der Waals surface area (Å²) in [6.45, 7) is 4.60. The maximum Gasteiger partial charge on any atom is 0.472 e. The molecule has 19 heteroatoms. The molecule has 0 aliphatic carbocycles. The minimum Gasteiger partial charge on any atom is -0.462 e. The van der Waals surface area contributed by atoms with Gasteiger partial charge in [-0.15, -0.1) is 0 Å². The van der Waals surface area contributed by atoms with Crippen LogP contribution in [-0.4, -0.2) is 96.7 Å². The van der Waals surface area contributed by atoms with E-state index in [1.807, 2.05) is 0 Å². The van der Waals surface area contributed by atoms with Crippen molar-refractivity contribution < 1.29 is 80.2 Å². The zero-order valence-electron chi connectivity index (χ0n) is 64.3. The van der Waals surface area contributed by atoms with Crippen molar-refractivity contribution >= 4 is 39.5 Å². The van der Waals surface area contributed by atoms with Crippen molar-refractivity contribution in [3.05, 3.63) is 109 Å². The average Bonchev–Trinajstić information content (AvgIpc) is 0.926. The van der Waals surface area contributed by atoms with Crippen LogP contribution >= 0.6 is 15.6 Å². The first-order chi connectivity index (χ1) is 49.7. The van der Waals surface area contributed by atoms with Crippen molar-refractivity contribution in [3.63, 3.8) is 0 Å². The summed E-state index contributed by atoms with van der Waals surface area (Å²) in [6, 6.07) is 0. The zero-order valence-corrected chi connectivity index (χ0v) is 66.0. The number of phosphoric ester groups is 2. The fourth-order valence-electron chi connectivity index (χ4n) is 10.7. The fourth-order valence-corrected chi connectivity index (χ4v) is 12.2. The second kappa shape index (κ2) is 75.0. The third kappa shape index (κ3) is 74.0. The van der Waals surface area contributed by atoms with Gasteiger partial charge in [0.05, 0.1) is 26.4 Å². The number of ether oxygens (including phenoxy) is 4. The number of hydrogen-bond acceptors (Lipinski definition) is 15. The predicted molar refractivity (Wildman–Crippen MR) is 418 cm³/mol. The molecule has 0 saturated heterocycles.